The van der Waals surface area contributed by atoms with Crippen LogP contribution < -0.4 is 10.1 Å². The van der Waals surface area contributed by atoms with Crippen molar-refractivity contribution >= 4 is 29.9 Å². The molecule has 26 heavy (non-hydrogen) atoms. The summed E-state index contributed by atoms with van der Waals surface area (Å²) < 4.78 is 37.5. The third kappa shape index (κ3) is 3.76. The Labute approximate surface area is 169 Å². The van der Waals surface area contributed by atoms with Crippen LogP contribution in [0.4, 0.5) is 8.78 Å². The van der Waals surface area contributed by atoms with E-state index in [9.17, 15) is 8.78 Å². The van der Waals surface area contributed by atoms with E-state index >= 15 is 0 Å². The third-order valence-electron chi connectivity index (χ3n) is 5.51. The van der Waals surface area contributed by atoms with Gasteiger partial charge in [0, 0.05) is 38.0 Å². The van der Waals surface area contributed by atoms with E-state index in [0.717, 1.165) is 31.2 Å². The predicted molar refractivity (Wildman–Crippen MR) is 105 cm³/mol. The van der Waals surface area contributed by atoms with Gasteiger partial charge in [-0.15, -0.1) is 24.0 Å². The SMILES string of the molecule is CN=C(NCCOc1ccc(F)c(F)c1)N1CC2C3CCC(O3)C2C1.I. The van der Waals surface area contributed by atoms with E-state index in [1.165, 1.54) is 18.9 Å². The molecule has 3 aliphatic rings. The lowest BCUT2D eigenvalue weighted by Gasteiger charge is -2.23. The van der Waals surface area contributed by atoms with Crippen molar-refractivity contribution in [3.8, 4) is 5.75 Å². The highest BCUT2D eigenvalue weighted by Gasteiger charge is 2.53. The van der Waals surface area contributed by atoms with Gasteiger partial charge in [-0.2, -0.15) is 0 Å². The fourth-order valence-corrected chi connectivity index (χ4v) is 4.36. The summed E-state index contributed by atoms with van der Waals surface area (Å²) in [5, 5.41) is 3.29. The van der Waals surface area contributed by atoms with Gasteiger partial charge >= 0.3 is 0 Å². The van der Waals surface area contributed by atoms with Crippen LogP contribution in [0.25, 0.3) is 0 Å². The highest BCUT2D eigenvalue weighted by molar-refractivity contribution is 14.0. The van der Waals surface area contributed by atoms with E-state index in [0.29, 0.717) is 42.9 Å². The first kappa shape index (κ1) is 19.6. The van der Waals surface area contributed by atoms with Crippen molar-refractivity contribution in [2.24, 2.45) is 16.8 Å². The molecule has 1 N–H and O–H groups in total. The van der Waals surface area contributed by atoms with Gasteiger partial charge in [0.1, 0.15) is 12.4 Å². The molecular formula is C18H24F2IN3O2. The Morgan fingerprint density at radius 2 is 1.92 bits per heavy atom. The standard InChI is InChI=1S/C18H23F2N3O2.HI/c1-21-18(22-6-7-24-11-2-3-14(19)15(20)8-11)23-9-12-13(10-23)17-5-4-16(12)25-17;/h2-3,8,12-13,16-17H,4-7,9-10H2,1H3,(H,21,22);1H. The summed E-state index contributed by atoms with van der Waals surface area (Å²) >= 11 is 0. The normalized spacial score (nSPS) is 29.5. The average molecular weight is 479 g/mol. The Balaban J connectivity index is 0.00000196. The van der Waals surface area contributed by atoms with E-state index in [1.54, 1.807) is 7.05 Å². The van der Waals surface area contributed by atoms with Crippen LogP contribution in [0.1, 0.15) is 12.8 Å². The van der Waals surface area contributed by atoms with Crippen LogP contribution in [0.3, 0.4) is 0 Å². The Bertz CT molecular complexity index is 658. The van der Waals surface area contributed by atoms with Crippen molar-refractivity contribution in [2.75, 3.05) is 33.3 Å². The maximum Gasteiger partial charge on any atom is 0.193 e. The van der Waals surface area contributed by atoms with E-state index in [-0.39, 0.29) is 24.0 Å². The van der Waals surface area contributed by atoms with Crippen LogP contribution >= 0.6 is 24.0 Å². The Kier molecular flexibility index (Phi) is 6.21. The number of hydrogen-bond donors (Lipinski definition) is 1. The number of likely N-dealkylation sites (tertiary alicyclic amines) is 1. The Morgan fingerprint density at radius 3 is 2.54 bits per heavy atom. The summed E-state index contributed by atoms with van der Waals surface area (Å²) in [5.74, 6) is 0.652. The maximum absolute atomic E-state index is 13.1. The molecule has 8 heteroatoms. The quantitative estimate of drug-likeness (QED) is 0.312. The maximum atomic E-state index is 13.1. The van der Waals surface area contributed by atoms with Crippen LogP contribution in [0.15, 0.2) is 23.2 Å². The topological polar surface area (TPSA) is 46.1 Å². The lowest BCUT2D eigenvalue weighted by Crippen LogP contribution is -2.42. The van der Waals surface area contributed by atoms with Gasteiger partial charge in [0.15, 0.2) is 17.6 Å². The number of benzene rings is 1. The number of halogens is 3. The molecule has 1 aromatic rings. The van der Waals surface area contributed by atoms with Crippen molar-refractivity contribution in [1.29, 1.82) is 0 Å². The lowest BCUT2D eigenvalue weighted by molar-refractivity contribution is 0.0767. The fourth-order valence-electron chi connectivity index (χ4n) is 4.36. The first-order valence-electron chi connectivity index (χ1n) is 8.84. The predicted octanol–water partition coefficient (Wildman–Crippen LogP) is 2.65. The van der Waals surface area contributed by atoms with E-state index in [1.807, 2.05) is 0 Å². The molecule has 0 saturated carbocycles. The van der Waals surface area contributed by atoms with E-state index < -0.39 is 11.6 Å². The van der Waals surface area contributed by atoms with Crippen molar-refractivity contribution in [3.63, 3.8) is 0 Å². The Morgan fingerprint density at radius 1 is 1.23 bits per heavy atom. The number of aliphatic imine (C=N–C) groups is 1. The van der Waals surface area contributed by atoms with Crippen molar-refractivity contribution in [3.05, 3.63) is 29.8 Å². The molecule has 4 unspecified atom stereocenters. The second-order valence-corrected chi connectivity index (χ2v) is 6.92. The zero-order valence-electron chi connectivity index (χ0n) is 14.7. The summed E-state index contributed by atoms with van der Waals surface area (Å²) in [7, 11) is 1.78. The van der Waals surface area contributed by atoms with Gasteiger partial charge in [-0.25, -0.2) is 8.78 Å². The highest BCUT2D eigenvalue weighted by Crippen LogP contribution is 2.47. The highest BCUT2D eigenvalue weighted by atomic mass is 127. The van der Waals surface area contributed by atoms with Crippen molar-refractivity contribution in [1.82, 2.24) is 10.2 Å². The van der Waals surface area contributed by atoms with Gasteiger partial charge in [0.05, 0.1) is 18.8 Å². The van der Waals surface area contributed by atoms with Crippen LogP contribution in [0.2, 0.25) is 0 Å². The average Bonchev–Trinajstić information content (AvgIpc) is 3.30. The van der Waals surface area contributed by atoms with Crippen LogP contribution in [-0.4, -0.2) is 56.4 Å². The summed E-state index contributed by atoms with van der Waals surface area (Å²) in [6.07, 6.45) is 3.23. The van der Waals surface area contributed by atoms with Gasteiger partial charge in [0.2, 0.25) is 0 Å². The van der Waals surface area contributed by atoms with Gasteiger partial charge in [-0.1, -0.05) is 0 Å². The zero-order chi connectivity index (χ0) is 17.4. The molecule has 4 atom stereocenters. The minimum atomic E-state index is -0.901. The second-order valence-electron chi connectivity index (χ2n) is 6.92. The molecule has 0 aliphatic carbocycles. The lowest BCUT2D eigenvalue weighted by atomic mass is 9.82. The summed E-state index contributed by atoms with van der Waals surface area (Å²) in [5.41, 5.74) is 0. The zero-order valence-corrected chi connectivity index (χ0v) is 17.0. The van der Waals surface area contributed by atoms with Gasteiger partial charge < -0.3 is 19.7 Å². The molecule has 0 amide bonds. The number of guanidine groups is 1. The van der Waals surface area contributed by atoms with Crippen LogP contribution in [0.5, 0.6) is 5.75 Å². The smallest absolute Gasteiger partial charge is 0.193 e. The molecule has 4 rings (SSSR count). The van der Waals surface area contributed by atoms with Crippen molar-refractivity contribution < 1.29 is 18.3 Å². The Hall–Kier alpha value is -1.16. The minimum Gasteiger partial charge on any atom is -0.492 e. The van der Waals surface area contributed by atoms with E-state index in [4.69, 9.17) is 9.47 Å². The van der Waals surface area contributed by atoms with Crippen LogP contribution in [0, 0.1) is 23.5 Å². The molecule has 0 aromatic heterocycles. The molecule has 0 radical (unpaired) electrons. The molecule has 3 aliphatic heterocycles. The molecule has 144 valence electrons. The van der Waals surface area contributed by atoms with Crippen molar-refractivity contribution in [2.45, 2.75) is 25.0 Å². The summed E-state index contributed by atoms with van der Waals surface area (Å²) in [6.45, 7) is 2.85. The number of rotatable bonds is 4. The first-order chi connectivity index (χ1) is 12.2. The van der Waals surface area contributed by atoms with Gasteiger partial charge in [-0.3, -0.25) is 4.99 Å². The molecule has 0 spiro atoms. The second kappa shape index (κ2) is 8.24. The minimum absolute atomic E-state index is 0. The summed E-state index contributed by atoms with van der Waals surface area (Å²) in [4.78, 5) is 6.66. The molecule has 3 heterocycles. The number of hydrogen-bond acceptors (Lipinski definition) is 3. The van der Waals surface area contributed by atoms with Gasteiger partial charge in [0.25, 0.3) is 0 Å². The van der Waals surface area contributed by atoms with E-state index in [2.05, 4.69) is 15.2 Å². The summed E-state index contributed by atoms with van der Waals surface area (Å²) in [6, 6.07) is 3.54. The largest absolute Gasteiger partial charge is 0.492 e. The molecule has 2 bridgehead atoms. The monoisotopic (exact) mass is 479 g/mol. The molecular weight excluding hydrogens is 455 g/mol. The molecule has 5 nitrogen and oxygen atoms in total. The molecule has 3 saturated heterocycles. The first-order valence-corrected chi connectivity index (χ1v) is 8.84. The van der Waals surface area contributed by atoms with Gasteiger partial charge in [-0.05, 0) is 25.0 Å². The molecule has 3 fully saturated rings. The fraction of sp³-hybridized carbons (Fsp3) is 0.611. The third-order valence-corrected chi connectivity index (χ3v) is 5.51. The van der Waals surface area contributed by atoms with Crippen LogP contribution in [-0.2, 0) is 4.74 Å². The number of nitrogens with one attached hydrogen (secondary N) is 1. The number of fused-ring (bicyclic) bond motifs is 5. The number of nitrogens with zero attached hydrogens (tertiary/aromatic N) is 2. The number of ether oxygens (including phenoxy) is 2. The molecule has 1 aromatic carbocycles.